The van der Waals surface area contributed by atoms with Gasteiger partial charge >= 0.3 is 0 Å². The fourth-order valence-corrected chi connectivity index (χ4v) is 2.46. The average molecular weight is 308 g/mol. The van der Waals surface area contributed by atoms with Crippen LogP contribution in [0.15, 0.2) is 48.8 Å². The summed E-state index contributed by atoms with van der Waals surface area (Å²) in [6.07, 6.45) is 3.55. The smallest absolute Gasteiger partial charge is 0.200 e. The van der Waals surface area contributed by atoms with Gasteiger partial charge in [-0.05, 0) is 18.2 Å². The normalized spacial score (nSPS) is 11.1. The minimum Gasteiger partial charge on any atom is -0.504 e. The maximum Gasteiger partial charge on any atom is 0.200 e. The molecule has 0 fully saturated rings. The molecular formula is C16H12N4O3. The van der Waals surface area contributed by atoms with Crippen molar-refractivity contribution in [2.75, 3.05) is 0 Å². The Bertz CT molecular complexity index is 996. The summed E-state index contributed by atoms with van der Waals surface area (Å²) in [6.45, 7) is 0. The number of benzene rings is 2. The summed E-state index contributed by atoms with van der Waals surface area (Å²) >= 11 is 0. The molecule has 7 nitrogen and oxygen atoms in total. The zero-order chi connectivity index (χ0) is 16.0. The highest BCUT2D eigenvalue weighted by molar-refractivity contribution is 5.84. The molecule has 23 heavy (non-hydrogen) atoms. The number of hydrogen-bond donors (Lipinski definition) is 4. The zero-order valence-electron chi connectivity index (χ0n) is 11.8. The van der Waals surface area contributed by atoms with Gasteiger partial charge in [-0.25, -0.2) is 4.68 Å². The molecule has 2 heterocycles. The van der Waals surface area contributed by atoms with Gasteiger partial charge in [0.1, 0.15) is 5.69 Å². The topological polar surface area (TPSA) is 107 Å². The Labute approximate surface area is 130 Å². The van der Waals surface area contributed by atoms with Crippen molar-refractivity contribution in [3.63, 3.8) is 0 Å². The second-order valence-corrected chi connectivity index (χ2v) is 5.16. The van der Waals surface area contributed by atoms with E-state index in [1.807, 2.05) is 30.5 Å². The van der Waals surface area contributed by atoms with Crippen molar-refractivity contribution in [3.05, 3.63) is 48.8 Å². The maximum absolute atomic E-state index is 9.59. The third kappa shape index (κ3) is 2.15. The molecule has 0 radical (unpaired) electrons. The SMILES string of the molecule is Oc1cc(-n2cc(-c3ccc4[nH]ccc4c3)nn2)cc(O)c1O. The summed E-state index contributed by atoms with van der Waals surface area (Å²) in [5.41, 5.74) is 2.98. The van der Waals surface area contributed by atoms with Gasteiger partial charge in [0.15, 0.2) is 17.2 Å². The van der Waals surface area contributed by atoms with Crippen LogP contribution in [0.4, 0.5) is 0 Å². The van der Waals surface area contributed by atoms with Gasteiger partial charge in [-0.3, -0.25) is 0 Å². The van der Waals surface area contributed by atoms with E-state index in [1.54, 1.807) is 6.20 Å². The van der Waals surface area contributed by atoms with Gasteiger partial charge in [-0.15, -0.1) is 5.10 Å². The highest BCUT2D eigenvalue weighted by atomic mass is 16.3. The van der Waals surface area contributed by atoms with E-state index in [1.165, 1.54) is 16.8 Å². The van der Waals surface area contributed by atoms with E-state index in [0.717, 1.165) is 16.5 Å². The van der Waals surface area contributed by atoms with Gasteiger partial charge in [0.25, 0.3) is 0 Å². The molecule has 0 amide bonds. The quantitative estimate of drug-likeness (QED) is 0.426. The summed E-state index contributed by atoms with van der Waals surface area (Å²) in [4.78, 5) is 3.13. The van der Waals surface area contributed by atoms with Crippen LogP contribution in [0.25, 0.3) is 27.8 Å². The summed E-state index contributed by atoms with van der Waals surface area (Å²) in [5, 5.41) is 37.7. The van der Waals surface area contributed by atoms with Gasteiger partial charge < -0.3 is 20.3 Å². The minimum absolute atomic E-state index is 0.388. The Morgan fingerprint density at radius 2 is 1.74 bits per heavy atom. The number of nitrogens with zero attached hydrogens (tertiary/aromatic N) is 3. The number of fused-ring (bicyclic) bond motifs is 1. The van der Waals surface area contributed by atoms with Gasteiger partial charge in [0.2, 0.25) is 0 Å². The highest BCUT2D eigenvalue weighted by Gasteiger charge is 2.12. The predicted octanol–water partition coefficient (Wildman–Crippen LogP) is 2.53. The molecular weight excluding hydrogens is 296 g/mol. The molecule has 4 rings (SSSR count). The second-order valence-electron chi connectivity index (χ2n) is 5.16. The minimum atomic E-state index is -0.563. The first-order valence-electron chi connectivity index (χ1n) is 6.87. The van der Waals surface area contributed by atoms with Gasteiger partial charge in [-0.1, -0.05) is 11.3 Å². The second kappa shape index (κ2) is 4.77. The molecule has 4 aromatic rings. The number of nitrogens with one attached hydrogen (secondary N) is 1. The molecule has 0 spiro atoms. The van der Waals surface area contributed by atoms with Gasteiger partial charge in [0.05, 0.1) is 11.9 Å². The number of hydrogen-bond acceptors (Lipinski definition) is 5. The molecule has 0 unspecified atom stereocenters. The van der Waals surface area contributed by atoms with Crippen LogP contribution >= 0.6 is 0 Å². The number of H-pyrrole nitrogens is 1. The maximum atomic E-state index is 9.59. The first kappa shape index (κ1) is 13.2. The molecule has 0 atom stereocenters. The zero-order valence-corrected chi connectivity index (χ0v) is 11.8. The standard InChI is InChI=1S/C16H12N4O3/c21-14-6-11(7-15(22)16(14)23)20-8-13(18-19-20)9-1-2-12-10(5-9)3-4-17-12/h1-8,17,21-23H. The van der Waals surface area contributed by atoms with Crippen LogP contribution in [0.2, 0.25) is 0 Å². The molecule has 7 heteroatoms. The molecule has 0 aliphatic carbocycles. The van der Waals surface area contributed by atoms with Crippen molar-refractivity contribution in [3.8, 4) is 34.2 Å². The summed E-state index contributed by atoms with van der Waals surface area (Å²) in [7, 11) is 0. The predicted molar refractivity (Wildman–Crippen MR) is 83.6 cm³/mol. The molecule has 0 saturated heterocycles. The Morgan fingerprint density at radius 3 is 2.52 bits per heavy atom. The Kier molecular flexibility index (Phi) is 2.74. The van der Waals surface area contributed by atoms with E-state index in [4.69, 9.17) is 0 Å². The fraction of sp³-hybridized carbons (Fsp3) is 0. The Morgan fingerprint density at radius 1 is 0.957 bits per heavy atom. The number of aromatic nitrogens is 4. The van der Waals surface area contributed by atoms with E-state index in [9.17, 15) is 15.3 Å². The Balaban J connectivity index is 1.76. The summed E-state index contributed by atoms with van der Waals surface area (Å²) in [6, 6.07) is 10.4. The monoisotopic (exact) mass is 308 g/mol. The van der Waals surface area contributed by atoms with Gasteiger partial charge in [-0.2, -0.15) is 0 Å². The summed E-state index contributed by atoms with van der Waals surface area (Å²) in [5.74, 6) is -1.41. The number of phenols is 3. The van der Waals surface area contributed by atoms with Crippen LogP contribution in [-0.4, -0.2) is 35.3 Å². The van der Waals surface area contributed by atoms with Crippen molar-refractivity contribution in [2.24, 2.45) is 0 Å². The van der Waals surface area contributed by atoms with Crippen molar-refractivity contribution in [1.82, 2.24) is 20.0 Å². The molecule has 0 aliphatic heterocycles. The molecule has 0 saturated carbocycles. The average Bonchev–Trinajstić information content (AvgIpc) is 3.20. The van der Waals surface area contributed by atoms with E-state index in [2.05, 4.69) is 15.3 Å². The highest BCUT2D eigenvalue weighted by Crippen LogP contribution is 2.36. The lowest BCUT2D eigenvalue weighted by atomic mass is 10.1. The number of phenolic OH excluding ortho intramolecular Hbond substituents is 3. The molecule has 4 N–H and O–H groups in total. The Hall–Kier alpha value is -3.48. The van der Waals surface area contributed by atoms with Crippen molar-refractivity contribution < 1.29 is 15.3 Å². The van der Waals surface area contributed by atoms with E-state index >= 15 is 0 Å². The van der Waals surface area contributed by atoms with Gasteiger partial charge in [0, 0.05) is 34.8 Å². The third-order valence-electron chi connectivity index (χ3n) is 3.66. The van der Waals surface area contributed by atoms with Crippen LogP contribution in [0, 0.1) is 0 Å². The molecule has 2 aromatic carbocycles. The first-order chi connectivity index (χ1) is 11.1. The van der Waals surface area contributed by atoms with Crippen LogP contribution in [0.5, 0.6) is 17.2 Å². The molecule has 0 aliphatic rings. The van der Waals surface area contributed by atoms with Crippen molar-refractivity contribution >= 4 is 10.9 Å². The van der Waals surface area contributed by atoms with E-state index < -0.39 is 17.2 Å². The largest absolute Gasteiger partial charge is 0.504 e. The number of rotatable bonds is 2. The lowest BCUT2D eigenvalue weighted by Gasteiger charge is -2.04. The van der Waals surface area contributed by atoms with Crippen molar-refractivity contribution in [2.45, 2.75) is 0 Å². The van der Waals surface area contributed by atoms with Crippen LogP contribution < -0.4 is 0 Å². The van der Waals surface area contributed by atoms with Crippen LogP contribution in [0.1, 0.15) is 0 Å². The number of aromatic amines is 1. The summed E-state index contributed by atoms with van der Waals surface area (Å²) < 4.78 is 1.41. The lowest BCUT2D eigenvalue weighted by molar-refractivity contribution is 0.367. The van der Waals surface area contributed by atoms with Crippen LogP contribution in [-0.2, 0) is 0 Å². The first-order valence-corrected chi connectivity index (χ1v) is 6.87. The fourth-order valence-electron chi connectivity index (χ4n) is 2.46. The van der Waals surface area contributed by atoms with E-state index in [-0.39, 0.29) is 0 Å². The van der Waals surface area contributed by atoms with Crippen LogP contribution in [0.3, 0.4) is 0 Å². The molecule has 0 bridgehead atoms. The van der Waals surface area contributed by atoms with E-state index in [0.29, 0.717) is 11.4 Å². The number of aromatic hydroxyl groups is 3. The van der Waals surface area contributed by atoms with Crippen molar-refractivity contribution in [1.29, 1.82) is 0 Å². The lowest BCUT2D eigenvalue weighted by Crippen LogP contribution is -1.94. The molecule has 2 aromatic heterocycles. The molecule has 114 valence electrons. The third-order valence-corrected chi connectivity index (χ3v) is 3.66.